The summed E-state index contributed by atoms with van der Waals surface area (Å²) < 4.78 is 0.365. The number of hydrogen-bond donors (Lipinski definition) is 1. The second-order valence-corrected chi connectivity index (χ2v) is 7.75. The van der Waals surface area contributed by atoms with Gasteiger partial charge in [-0.2, -0.15) is 11.3 Å². The number of hydrogen-bond acceptors (Lipinski definition) is 4. The highest BCUT2D eigenvalue weighted by molar-refractivity contribution is 8.16. The molecule has 0 bridgehead atoms. The van der Waals surface area contributed by atoms with Crippen molar-refractivity contribution < 1.29 is 4.79 Å². The van der Waals surface area contributed by atoms with Crippen molar-refractivity contribution in [1.29, 1.82) is 0 Å². The number of thiophene rings is 1. The summed E-state index contributed by atoms with van der Waals surface area (Å²) in [6, 6.07) is 3.88. The number of nitrogens with one attached hydrogen (secondary N) is 1. The molecule has 1 amide bonds. The first-order valence-electron chi connectivity index (χ1n) is 6.26. The third kappa shape index (κ3) is 2.89. The van der Waals surface area contributed by atoms with Crippen LogP contribution in [-0.4, -0.2) is 23.7 Å². The predicted molar refractivity (Wildman–Crippen MR) is 84.5 cm³/mol. The fourth-order valence-corrected chi connectivity index (χ4v) is 3.67. The van der Waals surface area contributed by atoms with E-state index in [1.165, 1.54) is 23.1 Å². The van der Waals surface area contributed by atoms with E-state index in [1.54, 1.807) is 0 Å². The maximum Gasteiger partial charge on any atom is 0.242 e. The van der Waals surface area contributed by atoms with Crippen molar-refractivity contribution >= 4 is 46.8 Å². The Balaban J connectivity index is 2.16. The molecule has 3 nitrogen and oxygen atoms in total. The standard InChI is InChI=1S/C13H17BN2OS2/c1-7(2)13(4)11(17)16-12(19-13)15-8(3)9-5-6-10(14)18-9/h5-8H,1-4H3,(H,15,16,17)/t8-,13+/m0/s1. The van der Waals surface area contributed by atoms with E-state index in [4.69, 9.17) is 7.85 Å². The number of carbonyl (C=O) groups is 1. The lowest BCUT2D eigenvalue weighted by Gasteiger charge is -2.22. The van der Waals surface area contributed by atoms with E-state index in [9.17, 15) is 4.79 Å². The molecule has 19 heavy (non-hydrogen) atoms. The van der Waals surface area contributed by atoms with E-state index < -0.39 is 4.75 Å². The molecule has 1 N–H and O–H groups in total. The number of nitrogens with zero attached hydrogens (tertiary/aromatic N) is 1. The minimum Gasteiger partial charge on any atom is -0.304 e. The summed E-state index contributed by atoms with van der Waals surface area (Å²) in [6.07, 6.45) is 0. The lowest BCUT2D eigenvalue weighted by atomic mass is 9.96. The van der Waals surface area contributed by atoms with Crippen molar-refractivity contribution in [2.45, 2.75) is 38.5 Å². The zero-order valence-corrected chi connectivity index (χ0v) is 13.2. The molecule has 1 aliphatic rings. The number of carbonyl (C=O) groups excluding carboxylic acids is 1. The molecule has 2 atom stereocenters. The van der Waals surface area contributed by atoms with Gasteiger partial charge in [0, 0.05) is 4.88 Å². The largest absolute Gasteiger partial charge is 0.304 e. The number of aliphatic imine (C=N–C) groups is 1. The summed E-state index contributed by atoms with van der Waals surface area (Å²) in [5, 5.41) is 3.59. The maximum absolute atomic E-state index is 12.0. The minimum absolute atomic E-state index is 0.0135. The fraction of sp³-hybridized carbons (Fsp3) is 0.538. The van der Waals surface area contributed by atoms with Crippen LogP contribution in [0.15, 0.2) is 17.1 Å². The molecule has 100 valence electrons. The first-order valence-corrected chi connectivity index (χ1v) is 7.89. The van der Waals surface area contributed by atoms with Gasteiger partial charge in [0.1, 0.15) is 12.6 Å². The Bertz CT molecular complexity index is 526. The summed E-state index contributed by atoms with van der Waals surface area (Å²) >= 11 is 3.06. The Hall–Kier alpha value is -0.745. The second-order valence-electron chi connectivity index (χ2n) is 5.17. The van der Waals surface area contributed by atoms with Crippen molar-refractivity contribution in [2.24, 2.45) is 10.9 Å². The molecule has 0 aliphatic carbocycles. The summed E-state index contributed by atoms with van der Waals surface area (Å²) in [5.74, 6) is 0.307. The van der Waals surface area contributed by atoms with Crippen molar-refractivity contribution in [1.82, 2.24) is 5.32 Å². The van der Waals surface area contributed by atoms with Gasteiger partial charge in [0.2, 0.25) is 5.91 Å². The van der Waals surface area contributed by atoms with Crippen LogP contribution >= 0.6 is 23.1 Å². The number of amides is 1. The van der Waals surface area contributed by atoms with Gasteiger partial charge in [-0.25, -0.2) is 0 Å². The van der Waals surface area contributed by atoms with Gasteiger partial charge in [-0.1, -0.05) is 31.7 Å². The normalized spacial score (nSPS) is 27.0. The van der Waals surface area contributed by atoms with Gasteiger partial charge >= 0.3 is 0 Å². The number of rotatable bonds is 3. The quantitative estimate of drug-likeness (QED) is 0.868. The molecule has 2 heterocycles. The Morgan fingerprint density at radius 2 is 2.05 bits per heavy atom. The summed E-state index contributed by atoms with van der Waals surface area (Å²) in [5.41, 5.74) is 0. The number of amidine groups is 1. The lowest BCUT2D eigenvalue weighted by Crippen LogP contribution is -2.38. The SMILES string of the molecule is [B]c1ccc([C@H](C)N=C2NC(=O)[C@@](C)(C(C)C)S2)s1. The fourth-order valence-electron chi connectivity index (χ4n) is 1.77. The molecule has 2 rings (SSSR count). The van der Waals surface area contributed by atoms with E-state index >= 15 is 0 Å². The monoisotopic (exact) mass is 292 g/mol. The molecule has 2 radical (unpaired) electrons. The summed E-state index contributed by atoms with van der Waals surface area (Å²) in [4.78, 5) is 17.7. The maximum atomic E-state index is 12.0. The zero-order chi connectivity index (χ0) is 14.2. The van der Waals surface area contributed by atoms with Crippen molar-refractivity contribution in [3.8, 4) is 0 Å². The van der Waals surface area contributed by atoms with Gasteiger partial charge in [-0.05, 0) is 30.6 Å². The summed E-state index contributed by atoms with van der Waals surface area (Å²) in [7, 11) is 5.72. The van der Waals surface area contributed by atoms with Gasteiger partial charge < -0.3 is 5.32 Å². The molecule has 0 saturated carbocycles. The molecule has 6 heteroatoms. The van der Waals surface area contributed by atoms with E-state index in [0.29, 0.717) is 5.17 Å². The summed E-state index contributed by atoms with van der Waals surface area (Å²) in [6.45, 7) is 8.09. The van der Waals surface area contributed by atoms with Crippen LogP contribution in [0.1, 0.15) is 38.6 Å². The van der Waals surface area contributed by atoms with Crippen molar-refractivity contribution in [3.63, 3.8) is 0 Å². The number of thioether (sulfide) groups is 1. The van der Waals surface area contributed by atoms with Gasteiger partial charge in [-0.3, -0.25) is 9.79 Å². The molecule has 1 aromatic heterocycles. The Labute approximate surface area is 123 Å². The topological polar surface area (TPSA) is 41.5 Å². The van der Waals surface area contributed by atoms with Gasteiger partial charge in [0.15, 0.2) is 5.17 Å². The van der Waals surface area contributed by atoms with Crippen LogP contribution in [0.3, 0.4) is 0 Å². The van der Waals surface area contributed by atoms with Gasteiger partial charge in [-0.15, -0.1) is 0 Å². The third-order valence-electron chi connectivity index (χ3n) is 3.45. The molecule has 0 unspecified atom stereocenters. The van der Waals surface area contributed by atoms with E-state index in [1.807, 2.05) is 26.0 Å². The molecule has 1 saturated heterocycles. The molecule has 0 spiro atoms. The van der Waals surface area contributed by atoms with Crippen LogP contribution in [0.4, 0.5) is 0 Å². The highest BCUT2D eigenvalue weighted by atomic mass is 32.2. The molecular formula is C13H17BN2OS2. The van der Waals surface area contributed by atoms with Crippen LogP contribution in [0, 0.1) is 5.92 Å². The van der Waals surface area contributed by atoms with Crippen molar-refractivity contribution in [2.75, 3.05) is 0 Å². The van der Waals surface area contributed by atoms with E-state index in [-0.39, 0.29) is 17.9 Å². The van der Waals surface area contributed by atoms with Crippen LogP contribution in [0.5, 0.6) is 0 Å². The van der Waals surface area contributed by atoms with Crippen molar-refractivity contribution in [3.05, 3.63) is 17.0 Å². The van der Waals surface area contributed by atoms with E-state index in [0.717, 1.165) is 9.65 Å². The second kappa shape index (κ2) is 5.33. The average Bonchev–Trinajstić information content (AvgIpc) is 2.85. The van der Waals surface area contributed by atoms with Gasteiger partial charge in [0.05, 0.1) is 6.04 Å². The smallest absolute Gasteiger partial charge is 0.242 e. The highest BCUT2D eigenvalue weighted by Crippen LogP contribution is 2.38. The third-order valence-corrected chi connectivity index (χ3v) is 6.02. The Morgan fingerprint density at radius 3 is 2.53 bits per heavy atom. The minimum atomic E-state index is -0.424. The molecule has 1 aromatic rings. The molecule has 1 fully saturated rings. The highest BCUT2D eigenvalue weighted by Gasteiger charge is 2.45. The van der Waals surface area contributed by atoms with E-state index in [2.05, 4.69) is 24.2 Å². The Morgan fingerprint density at radius 1 is 1.37 bits per heavy atom. The predicted octanol–water partition coefficient (Wildman–Crippen LogP) is 2.24. The van der Waals surface area contributed by atoms with Crippen LogP contribution in [-0.2, 0) is 4.79 Å². The molecule has 0 aromatic carbocycles. The van der Waals surface area contributed by atoms with Crippen LogP contribution in [0.2, 0.25) is 0 Å². The Kier molecular flexibility index (Phi) is 4.11. The van der Waals surface area contributed by atoms with Gasteiger partial charge in [0.25, 0.3) is 0 Å². The molecule has 1 aliphatic heterocycles. The molecular weight excluding hydrogens is 275 g/mol. The zero-order valence-electron chi connectivity index (χ0n) is 11.6. The first-order chi connectivity index (χ1) is 8.83. The lowest BCUT2D eigenvalue weighted by molar-refractivity contribution is -0.122. The van der Waals surface area contributed by atoms with Crippen LogP contribution in [0.25, 0.3) is 0 Å². The average molecular weight is 292 g/mol. The first kappa shape index (κ1) is 14.7. The van der Waals surface area contributed by atoms with Crippen LogP contribution < -0.4 is 10.1 Å².